The zero-order chi connectivity index (χ0) is 11.4. The molecule has 2 rings (SSSR count). The van der Waals surface area contributed by atoms with Crippen LogP contribution in [0.25, 0.3) is 0 Å². The van der Waals surface area contributed by atoms with Crippen LogP contribution in [0, 0.1) is 0 Å². The summed E-state index contributed by atoms with van der Waals surface area (Å²) in [7, 11) is 0. The Balaban J connectivity index is 0.00000144. The highest BCUT2D eigenvalue weighted by Crippen LogP contribution is 2.17. The third-order valence-electron chi connectivity index (χ3n) is 2.51. The second-order valence-electron chi connectivity index (χ2n) is 3.73. The molecule has 96 valence electrons. The Morgan fingerprint density at radius 2 is 2.29 bits per heavy atom. The van der Waals surface area contributed by atoms with Crippen LogP contribution in [0.3, 0.4) is 0 Å². The van der Waals surface area contributed by atoms with Gasteiger partial charge >= 0.3 is 0 Å². The molecule has 1 aliphatic heterocycles. The molecule has 0 aromatic carbocycles. The SMILES string of the molecule is Cl.Clc1ncc(CO[C@H]2CCCNC2)c(Cl)n1. The zero-order valence-electron chi connectivity index (χ0n) is 9.16. The Kier molecular flexibility index (Phi) is 6.44. The Labute approximate surface area is 116 Å². The Hall–Kier alpha value is -0.130. The molecule has 0 unspecified atom stereocenters. The fourth-order valence-electron chi connectivity index (χ4n) is 1.63. The minimum atomic E-state index is 0. The zero-order valence-corrected chi connectivity index (χ0v) is 11.5. The van der Waals surface area contributed by atoms with Crippen molar-refractivity contribution in [2.24, 2.45) is 0 Å². The standard InChI is InChI=1S/C10H13Cl2N3O.ClH/c11-9-7(4-14-10(12)15-9)6-16-8-2-1-3-13-5-8;/h4,8,13H,1-3,5-6H2;1H/t8-;/m0./s1. The number of rotatable bonds is 3. The maximum absolute atomic E-state index is 5.92. The normalized spacial score (nSPS) is 19.8. The van der Waals surface area contributed by atoms with Crippen molar-refractivity contribution < 1.29 is 4.74 Å². The van der Waals surface area contributed by atoms with Gasteiger partial charge in [-0.15, -0.1) is 12.4 Å². The number of hydrogen-bond acceptors (Lipinski definition) is 4. The maximum Gasteiger partial charge on any atom is 0.223 e. The molecule has 1 aliphatic rings. The maximum atomic E-state index is 5.92. The van der Waals surface area contributed by atoms with Crippen LogP contribution in [0.4, 0.5) is 0 Å². The van der Waals surface area contributed by atoms with E-state index in [2.05, 4.69) is 15.3 Å². The minimum absolute atomic E-state index is 0. The van der Waals surface area contributed by atoms with Gasteiger partial charge in [0.05, 0.1) is 12.7 Å². The van der Waals surface area contributed by atoms with E-state index in [1.54, 1.807) is 6.20 Å². The molecule has 0 radical (unpaired) electrons. The quantitative estimate of drug-likeness (QED) is 0.688. The molecule has 1 aromatic rings. The fourth-order valence-corrected chi connectivity index (χ4v) is 1.99. The lowest BCUT2D eigenvalue weighted by molar-refractivity contribution is 0.0251. The molecule has 4 nitrogen and oxygen atoms in total. The van der Waals surface area contributed by atoms with E-state index in [4.69, 9.17) is 27.9 Å². The van der Waals surface area contributed by atoms with Gasteiger partial charge in [-0.25, -0.2) is 9.97 Å². The number of halogens is 3. The summed E-state index contributed by atoms with van der Waals surface area (Å²) in [5, 5.41) is 3.81. The van der Waals surface area contributed by atoms with E-state index < -0.39 is 0 Å². The van der Waals surface area contributed by atoms with E-state index in [9.17, 15) is 0 Å². The van der Waals surface area contributed by atoms with E-state index in [-0.39, 0.29) is 23.8 Å². The number of hydrogen-bond donors (Lipinski definition) is 1. The first-order valence-corrected chi connectivity index (χ1v) is 6.00. The Morgan fingerprint density at radius 1 is 1.47 bits per heavy atom. The van der Waals surface area contributed by atoms with E-state index in [1.807, 2.05) is 0 Å². The lowest BCUT2D eigenvalue weighted by Gasteiger charge is -2.23. The van der Waals surface area contributed by atoms with Gasteiger partial charge in [0.1, 0.15) is 5.15 Å². The number of ether oxygens (including phenoxy) is 1. The molecule has 7 heteroatoms. The average Bonchev–Trinajstić information content (AvgIpc) is 2.29. The average molecular weight is 299 g/mol. The van der Waals surface area contributed by atoms with Crippen molar-refractivity contribution in [3.05, 3.63) is 22.2 Å². The molecule has 2 heterocycles. The van der Waals surface area contributed by atoms with Crippen molar-refractivity contribution >= 4 is 35.6 Å². The van der Waals surface area contributed by atoms with Gasteiger partial charge in [-0.05, 0) is 31.0 Å². The number of nitrogens with zero attached hydrogens (tertiary/aromatic N) is 2. The largest absolute Gasteiger partial charge is 0.372 e. The summed E-state index contributed by atoms with van der Waals surface area (Å²) in [6.07, 6.45) is 4.09. The van der Waals surface area contributed by atoms with Gasteiger partial charge in [-0.3, -0.25) is 0 Å². The predicted octanol–water partition coefficient (Wildman–Crippen LogP) is 2.47. The number of piperidine rings is 1. The predicted molar refractivity (Wildman–Crippen MR) is 70.0 cm³/mol. The second-order valence-corrected chi connectivity index (χ2v) is 4.43. The van der Waals surface area contributed by atoms with Crippen molar-refractivity contribution in [2.75, 3.05) is 13.1 Å². The van der Waals surface area contributed by atoms with Crippen LogP contribution in [-0.2, 0) is 11.3 Å². The number of aromatic nitrogens is 2. The molecular formula is C10H14Cl3N3O. The summed E-state index contributed by atoms with van der Waals surface area (Å²) in [6, 6.07) is 0. The molecule has 17 heavy (non-hydrogen) atoms. The molecule has 1 atom stereocenters. The second kappa shape index (κ2) is 7.34. The molecule has 0 saturated carbocycles. The molecule has 0 amide bonds. The first-order chi connectivity index (χ1) is 7.75. The highest BCUT2D eigenvalue weighted by atomic mass is 35.5. The van der Waals surface area contributed by atoms with Gasteiger partial charge < -0.3 is 10.1 Å². The monoisotopic (exact) mass is 297 g/mol. The van der Waals surface area contributed by atoms with E-state index in [0.717, 1.165) is 31.5 Å². The van der Waals surface area contributed by atoms with Gasteiger partial charge in [0.15, 0.2) is 0 Å². The van der Waals surface area contributed by atoms with Crippen LogP contribution in [0.1, 0.15) is 18.4 Å². The van der Waals surface area contributed by atoms with Gasteiger partial charge in [-0.2, -0.15) is 0 Å². The topological polar surface area (TPSA) is 47.0 Å². The van der Waals surface area contributed by atoms with Crippen molar-refractivity contribution in [3.63, 3.8) is 0 Å². The summed E-state index contributed by atoms with van der Waals surface area (Å²) < 4.78 is 5.72. The Morgan fingerprint density at radius 3 is 2.94 bits per heavy atom. The summed E-state index contributed by atoms with van der Waals surface area (Å²) >= 11 is 11.5. The van der Waals surface area contributed by atoms with Crippen molar-refractivity contribution in [1.29, 1.82) is 0 Å². The summed E-state index contributed by atoms with van der Waals surface area (Å²) in [6.45, 7) is 2.40. The third-order valence-corrected chi connectivity index (χ3v) is 3.02. The van der Waals surface area contributed by atoms with Crippen LogP contribution in [-0.4, -0.2) is 29.2 Å². The van der Waals surface area contributed by atoms with E-state index in [1.165, 1.54) is 0 Å². The van der Waals surface area contributed by atoms with Crippen LogP contribution < -0.4 is 5.32 Å². The Bertz CT molecular complexity index is 359. The van der Waals surface area contributed by atoms with Crippen LogP contribution in [0.2, 0.25) is 10.4 Å². The third kappa shape index (κ3) is 4.56. The summed E-state index contributed by atoms with van der Waals surface area (Å²) in [5.74, 6) is 0. The fraction of sp³-hybridized carbons (Fsp3) is 0.600. The van der Waals surface area contributed by atoms with E-state index >= 15 is 0 Å². The lowest BCUT2D eigenvalue weighted by Crippen LogP contribution is -2.35. The first-order valence-electron chi connectivity index (χ1n) is 5.25. The van der Waals surface area contributed by atoms with Gasteiger partial charge in [0.2, 0.25) is 5.28 Å². The van der Waals surface area contributed by atoms with Crippen molar-refractivity contribution in [3.8, 4) is 0 Å². The highest BCUT2D eigenvalue weighted by molar-refractivity contribution is 6.32. The molecule has 1 N–H and O–H groups in total. The first kappa shape index (κ1) is 14.9. The molecule has 0 bridgehead atoms. The van der Waals surface area contributed by atoms with Gasteiger partial charge in [0.25, 0.3) is 0 Å². The molecule has 1 saturated heterocycles. The molecule has 1 aromatic heterocycles. The van der Waals surface area contributed by atoms with Crippen LogP contribution in [0.5, 0.6) is 0 Å². The molecule has 0 aliphatic carbocycles. The van der Waals surface area contributed by atoms with Crippen molar-refractivity contribution in [2.45, 2.75) is 25.6 Å². The summed E-state index contributed by atoms with van der Waals surface area (Å²) in [4.78, 5) is 7.74. The van der Waals surface area contributed by atoms with Crippen molar-refractivity contribution in [1.82, 2.24) is 15.3 Å². The van der Waals surface area contributed by atoms with Crippen LogP contribution >= 0.6 is 35.6 Å². The minimum Gasteiger partial charge on any atom is -0.372 e. The number of nitrogens with one attached hydrogen (secondary N) is 1. The molecule has 0 spiro atoms. The van der Waals surface area contributed by atoms with Gasteiger partial charge in [-0.1, -0.05) is 11.6 Å². The molecular weight excluding hydrogens is 284 g/mol. The summed E-state index contributed by atoms with van der Waals surface area (Å²) in [5.41, 5.74) is 0.775. The highest BCUT2D eigenvalue weighted by Gasteiger charge is 2.14. The smallest absolute Gasteiger partial charge is 0.223 e. The molecule has 1 fully saturated rings. The van der Waals surface area contributed by atoms with E-state index in [0.29, 0.717) is 11.8 Å². The lowest BCUT2D eigenvalue weighted by atomic mass is 10.1. The van der Waals surface area contributed by atoms with Gasteiger partial charge in [0, 0.05) is 18.3 Å². The van der Waals surface area contributed by atoms with Crippen LogP contribution in [0.15, 0.2) is 6.20 Å².